The molecule has 0 fully saturated rings. The number of aromatic amines is 1. The summed E-state index contributed by atoms with van der Waals surface area (Å²) in [5, 5.41) is 0. The van der Waals surface area contributed by atoms with Crippen molar-refractivity contribution in [1.82, 2.24) is 9.88 Å². The molecule has 1 N–H and O–H groups in total. The fourth-order valence-corrected chi connectivity index (χ4v) is 5.37. The number of halogens is 5. The number of nitrogens with one attached hydrogen (secondary N) is 1. The molecule has 2 aliphatic heterocycles. The average Bonchev–Trinajstić information content (AvgIpc) is 3.58. The van der Waals surface area contributed by atoms with Crippen LogP contribution in [0.25, 0.3) is 11.1 Å². The van der Waals surface area contributed by atoms with Gasteiger partial charge in [-0.3, -0.25) is 14.8 Å². The number of H-pyrrole nitrogens is 1. The second-order valence-electron chi connectivity index (χ2n) is 10.3. The molecule has 0 spiro atoms. The highest BCUT2D eigenvalue weighted by Crippen LogP contribution is 2.45. The van der Waals surface area contributed by atoms with Gasteiger partial charge in [0.1, 0.15) is 17.2 Å². The van der Waals surface area contributed by atoms with Crippen molar-refractivity contribution < 1.29 is 40.6 Å². The number of aromatic nitrogens is 1. The Kier molecular flexibility index (Phi) is 6.62. The van der Waals surface area contributed by atoms with E-state index in [4.69, 9.17) is 9.15 Å². The highest BCUT2D eigenvalue weighted by molar-refractivity contribution is 6.25. The van der Waals surface area contributed by atoms with Crippen LogP contribution in [0.5, 0.6) is 17.2 Å². The molecule has 3 aromatic carbocycles. The van der Waals surface area contributed by atoms with E-state index in [1.807, 2.05) is 0 Å². The van der Waals surface area contributed by atoms with Gasteiger partial charge in [0.05, 0.1) is 30.4 Å². The van der Waals surface area contributed by atoms with E-state index >= 15 is 0 Å². The lowest BCUT2D eigenvalue weighted by Crippen LogP contribution is -2.40. The number of alkyl halides is 5. The van der Waals surface area contributed by atoms with E-state index in [9.17, 15) is 31.5 Å². The minimum atomic E-state index is -4.83. The average molecular weight is 600 g/mol. The summed E-state index contributed by atoms with van der Waals surface area (Å²) in [7, 11) is 0. The third-order valence-corrected chi connectivity index (χ3v) is 7.03. The highest BCUT2D eigenvalue weighted by Gasteiger charge is 2.47. The number of amides is 1. The third kappa shape index (κ3) is 5.49. The number of oxazole rings is 1. The number of ether oxygens (including phenoxy) is 2. The van der Waals surface area contributed by atoms with Gasteiger partial charge in [0, 0.05) is 23.6 Å². The molecule has 2 aliphatic rings. The highest BCUT2D eigenvalue weighted by atomic mass is 19.4. The lowest BCUT2D eigenvalue weighted by Gasteiger charge is -2.30. The minimum Gasteiger partial charge on any atom is -0.457 e. The maximum absolute atomic E-state index is 14.3. The van der Waals surface area contributed by atoms with Crippen LogP contribution in [0.3, 0.4) is 0 Å². The molecule has 43 heavy (non-hydrogen) atoms. The summed E-state index contributed by atoms with van der Waals surface area (Å²) in [5.74, 6) is -4.22. The summed E-state index contributed by atoms with van der Waals surface area (Å²) in [6.45, 7) is 1.42. The number of fused-ring (bicyclic) bond motifs is 1. The quantitative estimate of drug-likeness (QED) is 0.246. The van der Waals surface area contributed by atoms with Crippen LogP contribution in [0.4, 0.5) is 22.0 Å². The summed E-state index contributed by atoms with van der Waals surface area (Å²) >= 11 is 0. The number of hydrogen-bond acceptors (Lipinski definition) is 6. The molecule has 1 atom stereocenters. The predicted molar refractivity (Wildman–Crippen MR) is 145 cm³/mol. The Morgan fingerprint density at radius 2 is 1.74 bits per heavy atom. The minimum absolute atomic E-state index is 0.0225. The van der Waals surface area contributed by atoms with Crippen molar-refractivity contribution in [2.45, 2.75) is 32.2 Å². The van der Waals surface area contributed by atoms with Crippen molar-refractivity contribution in [1.29, 1.82) is 0 Å². The normalized spacial score (nSPS) is 17.1. The van der Waals surface area contributed by atoms with Gasteiger partial charge < -0.3 is 18.8 Å². The molecule has 6 rings (SSSR count). The Morgan fingerprint density at radius 3 is 2.42 bits per heavy atom. The molecule has 0 bridgehead atoms. The van der Waals surface area contributed by atoms with E-state index in [1.165, 1.54) is 12.1 Å². The molecule has 0 radical (unpaired) electrons. The van der Waals surface area contributed by atoms with Crippen molar-refractivity contribution in [3.63, 3.8) is 0 Å². The van der Waals surface area contributed by atoms with E-state index in [0.717, 1.165) is 17.9 Å². The number of para-hydroxylation sites is 1. The monoisotopic (exact) mass is 599 g/mol. The van der Waals surface area contributed by atoms with E-state index in [0.29, 0.717) is 39.2 Å². The fourth-order valence-electron chi connectivity index (χ4n) is 5.37. The van der Waals surface area contributed by atoms with Gasteiger partial charge in [-0.1, -0.05) is 18.2 Å². The van der Waals surface area contributed by atoms with Gasteiger partial charge in [-0.25, -0.2) is 13.6 Å². The Bertz CT molecular complexity index is 1870. The lowest BCUT2D eigenvalue weighted by atomic mass is 9.91. The largest absolute Gasteiger partial charge is 0.573 e. The number of nitrogens with zero attached hydrogens (tertiary/aromatic N) is 2. The molecule has 1 aromatic heterocycles. The predicted octanol–water partition coefficient (Wildman–Crippen LogP) is 6.46. The summed E-state index contributed by atoms with van der Waals surface area (Å²) in [5.41, 5.74) is 3.06. The van der Waals surface area contributed by atoms with Gasteiger partial charge in [-0.05, 0) is 60.5 Å². The number of carbonyl (C=O) groups excluding carboxylic acids is 1. The number of benzene rings is 3. The Morgan fingerprint density at radius 1 is 1.02 bits per heavy atom. The molecule has 0 aliphatic carbocycles. The summed E-state index contributed by atoms with van der Waals surface area (Å²) in [6, 6.07) is 14.1. The number of rotatable bonds is 7. The van der Waals surface area contributed by atoms with Crippen LogP contribution in [-0.4, -0.2) is 46.9 Å². The smallest absolute Gasteiger partial charge is 0.457 e. The lowest BCUT2D eigenvalue weighted by molar-refractivity contribution is -0.274. The number of aryl methyl sites for hydroxylation is 1. The molecule has 1 unspecified atom stereocenters. The Balaban J connectivity index is 1.34. The first-order valence-electron chi connectivity index (χ1n) is 13.0. The van der Waals surface area contributed by atoms with Gasteiger partial charge in [0.15, 0.2) is 5.58 Å². The van der Waals surface area contributed by atoms with E-state index in [1.54, 1.807) is 49.4 Å². The van der Waals surface area contributed by atoms with Crippen LogP contribution in [0.2, 0.25) is 0 Å². The Labute approximate surface area is 240 Å². The van der Waals surface area contributed by atoms with E-state index < -0.39 is 36.5 Å². The summed E-state index contributed by atoms with van der Waals surface area (Å²) < 4.78 is 81.4. The molecular formula is C30H22F5N3O5. The van der Waals surface area contributed by atoms with E-state index in [-0.39, 0.29) is 29.2 Å². The summed E-state index contributed by atoms with van der Waals surface area (Å²) in [4.78, 5) is 33.6. The maximum Gasteiger partial charge on any atom is 0.573 e. The topological polar surface area (TPSA) is 97.1 Å². The van der Waals surface area contributed by atoms with Crippen molar-refractivity contribution in [2.75, 3.05) is 13.1 Å². The Hall–Kier alpha value is -4.94. The van der Waals surface area contributed by atoms with Crippen LogP contribution < -0.4 is 15.2 Å². The SMILES string of the molecule is Cc1cc(OC(F)(F)F)ccc1Oc1ccc(C2C3=C(CN=C3c3cccc4[nH]c(=O)oc34)C(=O)N2CC(C)(F)F)cc1. The molecular weight excluding hydrogens is 577 g/mol. The van der Waals surface area contributed by atoms with Gasteiger partial charge in [-0.2, -0.15) is 0 Å². The molecule has 222 valence electrons. The van der Waals surface area contributed by atoms with Crippen LogP contribution in [-0.2, 0) is 4.79 Å². The third-order valence-electron chi connectivity index (χ3n) is 7.03. The number of hydrogen-bond donors (Lipinski definition) is 1. The molecule has 13 heteroatoms. The molecule has 3 heterocycles. The van der Waals surface area contributed by atoms with Gasteiger partial charge in [0.2, 0.25) is 0 Å². The van der Waals surface area contributed by atoms with E-state index in [2.05, 4.69) is 14.7 Å². The van der Waals surface area contributed by atoms with Gasteiger partial charge in [-0.15, -0.1) is 13.2 Å². The fraction of sp³-hybridized carbons (Fsp3) is 0.233. The van der Waals surface area contributed by atoms with Gasteiger partial charge >= 0.3 is 12.1 Å². The first-order valence-corrected chi connectivity index (χ1v) is 13.0. The number of carbonyl (C=O) groups is 1. The van der Waals surface area contributed by atoms with Gasteiger partial charge in [0.25, 0.3) is 11.8 Å². The standard InChI is InChI=1S/C30H22F5N3O5/c1-15-12-18(43-30(33,34)35)10-11-22(15)41-17-8-6-16(7-9-17)25-23-20(27(39)38(25)14-29(2,31)32)13-36-24(23)19-4-3-5-21-26(19)42-28(40)37-21/h3-12,25H,13-14H2,1-2H3,(H,37,40). The maximum atomic E-state index is 14.3. The molecule has 4 aromatic rings. The van der Waals surface area contributed by atoms with Crippen molar-refractivity contribution in [2.24, 2.45) is 4.99 Å². The van der Waals surface area contributed by atoms with Crippen LogP contribution >= 0.6 is 0 Å². The second-order valence-corrected chi connectivity index (χ2v) is 10.3. The first kappa shape index (κ1) is 28.2. The molecule has 1 amide bonds. The zero-order valence-electron chi connectivity index (χ0n) is 22.6. The number of aliphatic imine (C=N–C) groups is 1. The van der Waals surface area contributed by atoms with Crippen molar-refractivity contribution >= 4 is 22.7 Å². The molecule has 0 saturated carbocycles. The second kappa shape index (κ2) is 10.1. The zero-order chi connectivity index (χ0) is 30.7. The zero-order valence-corrected chi connectivity index (χ0v) is 22.6. The summed E-state index contributed by atoms with van der Waals surface area (Å²) in [6.07, 6.45) is -4.83. The van der Waals surface area contributed by atoms with Crippen LogP contribution in [0.1, 0.15) is 29.7 Å². The van der Waals surface area contributed by atoms with Crippen LogP contribution in [0, 0.1) is 6.92 Å². The first-order chi connectivity index (χ1) is 20.3. The van der Waals surface area contributed by atoms with Crippen LogP contribution in [0.15, 0.2) is 86.0 Å². The van der Waals surface area contributed by atoms with Crippen molar-refractivity contribution in [3.05, 3.63) is 99.1 Å². The molecule has 0 saturated heterocycles. The molecule has 8 nitrogen and oxygen atoms in total. The van der Waals surface area contributed by atoms with Crippen molar-refractivity contribution in [3.8, 4) is 17.2 Å².